The van der Waals surface area contributed by atoms with E-state index in [1.807, 2.05) is 38.5 Å². The van der Waals surface area contributed by atoms with Gasteiger partial charge in [0.25, 0.3) is 0 Å². The molecule has 60 heavy (non-hydrogen) atoms. The van der Waals surface area contributed by atoms with Gasteiger partial charge in [-0.25, -0.2) is 27.2 Å². The van der Waals surface area contributed by atoms with Crippen molar-refractivity contribution in [1.29, 1.82) is 0 Å². The molecule has 0 spiro atoms. The summed E-state index contributed by atoms with van der Waals surface area (Å²) in [4.78, 5) is 68.8. The van der Waals surface area contributed by atoms with Crippen molar-refractivity contribution in [3.05, 3.63) is 23.9 Å². The van der Waals surface area contributed by atoms with Crippen molar-refractivity contribution >= 4 is 44.6 Å². The molecule has 7 rings (SSSR count). The molecule has 0 unspecified atom stereocenters. The maximum atomic E-state index is 15.1. The van der Waals surface area contributed by atoms with Crippen LogP contribution in [0, 0.1) is 34.5 Å². The van der Waals surface area contributed by atoms with E-state index in [0.29, 0.717) is 48.2 Å². The minimum absolute atomic E-state index is 0.0924. The Labute approximate surface area is 351 Å². The fourth-order valence-electron chi connectivity index (χ4n) is 9.91. The number of hydrogen-bond acceptors (Lipinski definition) is 11. The Morgan fingerprint density at radius 1 is 0.983 bits per heavy atom. The van der Waals surface area contributed by atoms with Gasteiger partial charge in [0, 0.05) is 24.3 Å². The minimum Gasteiger partial charge on any atom is -0.497 e. The van der Waals surface area contributed by atoms with Crippen molar-refractivity contribution in [2.24, 2.45) is 34.5 Å². The molecule has 2 amide bonds. The second kappa shape index (κ2) is 17.4. The minimum atomic E-state index is -4.10. The van der Waals surface area contributed by atoms with Crippen molar-refractivity contribution in [2.45, 2.75) is 154 Å². The van der Waals surface area contributed by atoms with Crippen LogP contribution in [0.15, 0.2) is 18.2 Å². The van der Waals surface area contributed by atoms with Crippen LogP contribution in [0.5, 0.6) is 11.6 Å². The SMILES string of the molecule is CC[C@@H]1[C@@H]2CN(C(=O)[C@H](C(C)(C)C)CC(=O)O[C@@H]3CCCC[C@H]3CCCCCc3nc4ccc(OC)cc4nc3O2)[C@@H]1C(=O)C[C@]1(C(=O)NS(=O)(=O)C2CC2)C[C@H]1C(F)F. The molecule has 1 aromatic carbocycles. The highest BCUT2D eigenvalue weighted by Gasteiger charge is 2.66. The molecule has 8 atom stereocenters. The number of nitrogens with zero attached hydrogens (tertiary/aromatic N) is 3. The molecule has 3 heterocycles. The molecule has 1 N–H and O–H groups in total. The number of Topliss-reactive ketones (excluding diaryl/α,β-unsaturated/α-hetero) is 1. The van der Waals surface area contributed by atoms with E-state index in [9.17, 15) is 31.6 Å². The number of amides is 2. The van der Waals surface area contributed by atoms with Crippen LogP contribution in [-0.2, 0) is 40.4 Å². The lowest BCUT2D eigenvalue weighted by molar-refractivity contribution is -0.160. The van der Waals surface area contributed by atoms with Crippen molar-refractivity contribution in [1.82, 2.24) is 19.6 Å². The van der Waals surface area contributed by atoms with E-state index in [4.69, 9.17) is 24.2 Å². The summed E-state index contributed by atoms with van der Waals surface area (Å²) in [5.74, 6) is -4.87. The summed E-state index contributed by atoms with van der Waals surface area (Å²) in [7, 11) is -2.55. The molecule has 1 saturated heterocycles. The molecule has 1 aromatic heterocycles. The van der Waals surface area contributed by atoms with Crippen LogP contribution in [0.2, 0.25) is 0 Å². The first kappa shape index (κ1) is 44.1. The van der Waals surface area contributed by atoms with E-state index in [-0.39, 0.29) is 37.3 Å². The first-order valence-corrected chi connectivity index (χ1v) is 23.4. The van der Waals surface area contributed by atoms with Gasteiger partial charge in [-0.2, -0.15) is 0 Å². The van der Waals surface area contributed by atoms with Crippen LogP contribution in [0.1, 0.15) is 123 Å². The number of ketones is 1. The largest absolute Gasteiger partial charge is 0.497 e. The molecule has 16 heteroatoms. The number of methoxy groups -OCH3 is 1. The van der Waals surface area contributed by atoms with Gasteiger partial charge in [-0.3, -0.25) is 23.9 Å². The molecule has 2 aromatic rings. The van der Waals surface area contributed by atoms with Crippen LogP contribution in [0.4, 0.5) is 8.78 Å². The number of alkyl halides is 2. The Hall–Kier alpha value is -3.95. The van der Waals surface area contributed by atoms with E-state index >= 15 is 4.79 Å². The Kier molecular flexibility index (Phi) is 12.8. The molecule has 13 nitrogen and oxygen atoms in total. The van der Waals surface area contributed by atoms with Crippen LogP contribution in [0.25, 0.3) is 11.0 Å². The second-order valence-electron chi connectivity index (χ2n) is 18.9. The average molecular weight is 859 g/mol. The number of benzene rings is 1. The van der Waals surface area contributed by atoms with Crippen molar-refractivity contribution < 1.29 is 50.6 Å². The van der Waals surface area contributed by atoms with E-state index in [2.05, 4.69) is 0 Å². The van der Waals surface area contributed by atoms with Gasteiger partial charge >= 0.3 is 5.97 Å². The van der Waals surface area contributed by atoms with E-state index < -0.39 is 92.4 Å². The maximum absolute atomic E-state index is 15.1. The number of hydrogen-bond donors (Lipinski definition) is 1. The zero-order chi connectivity index (χ0) is 43.1. The summed E-state index contributed by atoms with van der Waals surface area (Å²) < 4.78 is 74.9. The Morgan fingerprint density at radius 2 is 1.70 bits per heavy atom. The maximum Gasteiger partial charge on any atom is 0.306 e. The summed E-state index contributed by atoms with van der Waals surface area (Å²) in [6, 6.07) is 4.15. The van der Waals surface area contributed by atoms with Crippen molar-refractivity contribution in [3.63, 3.8) is 0 Å². The van der Waals surface area contributed by atoms with Gasteiger partial charge < -0.3 is 19.1 Å². The molecule has 2 bridgehead atoms. The fraction of sp³-hybridized carbons (Fsp3) is 0.727. The smallest absolute Gasteiger partial charge is 0.306 e. The predicted octanol–water partition coefficient (Wildman–Crippen LogP) is 6.73. The molecular weight excluding hydrogens is 799 g/mol. The predicted molar refractivity (Wildman–Crippen MR) is 218 cm³/mol. The highest BCUT2D eigenvalue weighted by atomic mass is 32.2. The van der Waals surface area contributed by atoms with Crippen LogP contribution >= 0.6 is 0 Å². The highest BCUT2D eigenvalue weighted by molar-refractivity contribution is 7.90. The van der Waals surface area contributed by atoms with Gasteiger partial charge in [0.2, 0.25) is 34.1 Å². The summed E-state index contributed by atoms with van der Waals surface area (Å²) >= 11 is 0. The zero-order valence-electron chi connectivity index (χ0n) is 35.4. The van der Waals surface area contributed by atoms with Crippen LogP contribution < -0.4 is 14.2 Å². The summed E-state index contributed by atoms with van der Waals surface area (Å²) in [5.41, 5.74) is -0.946. The second-order valence-corrected chi connectivity index (χ2v) is 20.9. The number of sulfonamides is 1. The van der Waals surface area contributed by atoms with Gasteiger partial charge in [-0.1, -0.05) is 47.0 Å². The van der Waals surface area contributed by atoms with Gasteiger partial charge in [0.1, 0.15) is 23.7 Å². The number of ether oxygens (including phenoxy) is 3. The number of carbonyl (C=O) groups excluding carboxylic acids is 4. The average Bonchev–Trinajstić information content (AvgIpc) is 4.13. The summed E-state index contributed by atoms with van der Waals surface area (Å²) in [5, 5.41) is -0.782. The fourth-order valence-corrected chi connectivity index (χ4v) is 11.3. The number of aryl methyl sites for hydroxylation is 1. The molecule has 330 valence electrons. The Morgan fingerprint density at radius 3 is 2.35 bits per heavy atom. The molecule has 3 aliphatic carbocycles. The third kappa shape index (κ3) is 9.28. The van der Waals surface area contributed by atoms with E-state index in [1.165, 1.54) is 4.90 Å². The number of carbonyl (C=O) groups is 4. The Balaban J connectivity index is 1.28. The molecule has 0 radical (unpaired) electrons. The third-order valence-electron chi connectivity index (χ3n) is 13.8. The number of nitrogens with one attached hydrogen (secondary N) is 1. The number of halogens is 2. The van der Waals surface area contributed by atoms with Crippen LogP contribution in [0.3, 0.4) is 0 Å². The topological polar surface area (TPSA) is 171 Å². The quantitative estimate of drug-likeness (QED) is 0.265. The lowest BCUT2D eigenvalue weighted by Gasteiger charge is -2.36. The monoisotopic (exact) mass is 858 g/mol. The lowest BCUT2D eigenvalue weighted by Crippen LogP contribution is -2.50. The van der Waals surface area contributed by atoms with Crippen molar-refractivity contribution in [2.75, 3.05) is 13.7 Å². The van der Waals surface area contributed by atoms with Crippen LogP contribution in [-0.4, -0.2) is 90.4 Å². The normalized spacial score (nSPS) is 30.7. The summed E-state index contributed by atoms with van der Waals surface area (Å²) in [6.45, 7) is 7.28. The first-order valence-electron chi connectivity index (χ1n) is 21.8. The third-order valence-corrected chi connectivity index (χ3v) is 15.6. The number of esters is 1. The van der Waals surface area contributed by atoms with Gasteiger partial charge in [0.05, 0.1) is 53.7 Å². The molecule has 4 fully saturated rings. The number of aromatic nitrogens is 2. The van der Waals surface area contributed by atoms with Gasteiger partial charge in [-0.05, 0) is 87.7 Å². The molecule has 3 saturated carbocycles. The molecule has 2 aliphatic heterocycles. The van der Waals surface area contributed by atoms with Gasteiger partial charge in [0.15, 0.2) is 5.78 Å². The van der Waals surface area contributed by atoms with E-state index in [1.54, 1.807) is 19.2 Å². The summed E-state index contributed by atoms with van der Waals surface area (Å²) in [6.07, 6.45) is 3.45. The number of rotatable bonds is 9. The standard InChI is InChI=1S/C44H60F2N4O9S/c1-6-28-36-24-50(38(28)34(51)23-44(22-30(44)39(45)46)42(54)49-60(55,56)27-17-18-27)41(53)29(43(2,3)4)21-37(52)58-35-15-11-10-13-25(35)12-8-7-9-14-32-40(59-36)48-33-20-26(57-5)16-19-31(33)47-32/h16,19-20,25,27-30,35-36,38-39H,6-15,17-18,21-24H2,1-5H3,(H,49,54)/t25-,28-,29-,30+,35-,36+,38+,44-/m1/s1. The highest BCUT2D eigenvalue weighted by Crippen LogP contribution is 2.59. The lowest BCUT2D eigenvalue weighted by atomic mass is 9.77. The first-order chi connectivity index (χ1) is 28.4. The van der Waals surface area contributed by atoms with E-state index in [0.717, 1.165) is 51.4 Å². The number of fused-ring (bicyclic) bond motifs is 5. The molecule has 5 aliphatic rings. The Bertz CT molecular complexity index is 2070. The van der Waals surface area contributed by atoms with Crippen molar-refractivity contribution in [3.8, 4) is 11.6 Å². The molecular formula is C44H60F2N4O9S. The van der Waals surface area contributed by atoms with Gasteiger partial charge in [-0.15, -0.1) is 0 Å². The zero-order valence-corrected chi connectivity index (χ0v) is 36.2.